The molecule has 0 radical (unpaired) electrons. The van der Waals surface area contributed by atoms with Gasteiger partial charge in [-0.1, -0.05) is 103 Å². The summed E-state index contributed by atoms with van der Waals surface area (Å²) in [5, 5.41) is 0. The molecule has 3 aromatic rings. The summed E-state index contributed by atoms with van der Waals surface area (Å²) in [7, 11) is 0. The van der Waals surface area contributed by atoms with E-state index in [0.29, 0.717) is 32.1 Å². The molecule has 36 heavy (non-hydrogen) atoms. The van der Waals surface area contributed by atoms with Crippen LogP contribution in [0.1, 0.15) is 30.0 Å². The highest BCUT2D eigenvalue weighted by Crippen LogP contribution is 2.33. The van der Waals surface area contributed by atoms with E-state index in [1.165, 1.54) is 0 Å². The summed E-state index contributed by atoms with van der Waals surface area (Å²) in [6, 6.07) is 30.5. The normalized spacial score (nSPS) is 23.9. The number of ether oxygens (including phenoxy) is 4. The van der Waals surface area contributed by atoms with Crippen LogP contribution in [0.4, 0.5) is 0 Å². The van der Waals surface area contributed by atoms with Crippen molar-refractivity contribution < 1.29 is 18.9 Å². The van der Waals surface area contributed by atoms with Crippen LogP contribution in [0.15, 0.2) is 103 Å². The Labute approximate surface area is 219 Å². The van der Waals surface area contributed by atoms with Gasteiger partial charge >= 0.3 is 0 Å². The van der Waals surface area contributed by atoms with Crippen molar-refractivity contribution >= 4 is 11.6 Å². The molecule has 0 aromatic heterocycles. The molecule has 0 N–H and O–H groups in total. The van der Waals surface area contributed by atoms with Gasteiger partial charge in [0.25, 0.3) is 0 Å². The Bertz CT molecular complexity index is 1040. The largest absolute Gasteiger partial charge is 0.369 e. The van der Waals surface area contributed by atoms with Crippen LogP contribution in [0.5, 0.6) is 0 Å². The Balaban J connectivity index is 1.58. The van der Waals surface area contributed by atoms with Crippen LogP contribution in [0.25, 0.3) is 0 Å². The van der Waals surface area contributed by atoms with Crippen LogP contribution in [0.2, 0.25) is 0 Å². The van der Waals surface area contributed by atoms with Crippen LogP contribution in [0, 0.1) is 0 Å². The van der Waals surface area contributed by atoms with E-state index in [1.54, 1.807) is 0 Å². The highest BCUT2D eigenvalue weighted by atomic mass is 35.5. The molecule has 1 heterocycles. The predicted octanol–water partition coefficient (Wildman–Crippen LogP) is 6.72. The van der Waals surface area contributed by atoms with Crippen LogP contribution in [-0.4, -0.2) is 36.4 Å². The number of alkyl halides is 1. The molecule has 1 fully saturated rings. The Morgan fingerprint density at radius 1 is 0.694 bits per heavy atom. The third kappa shape index (κ3) is 7.52. The van der Waals surface area contributed by atoms with E-state index < -0.39 is 0 Å². The second-order valence-electron chi connectivity index (χ2n) is 9.25. The topological polar surface area (TPSA) is 36.9 Å². The number of rotatable bonds is 12. The van der Waals surface area contributed by atoms with E-state index in [2.05, 4.69) is 43.0 Å². The van der Waals surface area contributed by atoms with Gasteiger partial charge in [0.1, 0.15) is 18.3 Å². The van der Waals surface area contributed by atoms with Crippen LogP contribution >= 0.6 is 11.6 Å². The van der Waals surface area contributed by atoms with Crippen molar-refractivity contribution in [1.82, 2.24) is 0 Å². The summed E-state index contributed by atoms with van der Waals surface area (Å²) in [5.74, 6) is 0.378. The number of halogens is 1. The average molecular weight is 507 g/mol. The second kappa shape index (κ2) is 13.7. The summed E-state index contributed by atoms with van der Waals surface area (Å²) < 4.78 is 26.1. The summed E-state index contributed by atoms with van der Waals surface area (Å²) in [5.41, 5.74) is 4.20. The maximum atomic E-state index is 6.59. The SMILES string of the molecule is C=C(CCl)CC1OC(C)C(OCc2ccccc2)C(OCc2ccccc2)C1OCc1ccccc1. The molecule has 0 saturated carbocycles. The van der Waals surface area contributed by atoms with E-state index >= 15 is 0 Å². The van der Waals surface area contributed by atoms with Gasteiger partial charge < -0.3 is 18.9 Å². The Morgan fingerprint density at radius 3 is 1.56 bits per heavy atom. The molecule has 1 aliphatic heterocycles. The van der Waals surface area contributed by atoms with Crippen LogP contribution in [-0.2, 0) is 38.8 Å². The van der Waals surface area contributed by atoms with E-state index in [1.807, 2.05) is 61.5 Å². The monoisotopic (exact) mass is 506 g/mol. The van der Waals surface area contributed by atoms with Crippen LogP contribution in [0.3, 0.4) is 0 Å². The fourth-order valence-corrected chi connectivity index (χ4v) is 4.63. The molecule has 1 saturated heterocycles. The third-order valence-electron chi connectivity index (χ3n) is 6.40. The van der Waals surface area contributed by atoms with Gasteiger partial charge in [0.15, 0.2) is 0 Å². The first-order valence-corrected chi connectivity index (χ1v) is 13.0. The molecular weight excluding hydrogens is 472 g/mol. The molecule has 4 nitrogen and oxygen atoms in total. The zero-order chi connectivity index (χ0) is 25.2. The molecule has 5 heteroatoms. The molecule has 0 spiro atoms. The standard InChI is InChI=1S/C31H35ClO4/c1-23(19-32)18-28-30(34-21-26-14-8-4-9-15-26)31(35-22-27-16-10-5-11-17-27)29(24(2)36-28)33-20-25-12-6-3-7-13-25/h3-17,24,28-31H,1,18-22H2,2H3. The molecular formula is C31H35ClO4. The van der Waals surface area contributed by atoms with Gasteiger partial charge in [-0.25, -0.2) is 0 Å². The molecule has 0 bridgehead atoms. The molecule has 190 valence electrons. The zero-order valence-electron chi connectivity index (χ0n) is 20.8. The number of benzene rings is 3. The Hall–Kier alpha value is -2.47. The first-order valence-electron chi connectivity index (χ1n) is 12.5. The fourth-order valence-electron chi connectivity index (χ4n) is 4.52. The Kier molecular flexibility index (Phi) is 10.1. The second-order valence-corrected chi connectivity index (χ2v) is 9.52. The van der Waals surface area contributed by atoms with E-state index in [-0.39, 0.29) is 30.5 Å². The quantitative estimate of drug-likeness (QED) is 0.202. The van der Waals surface area contributed by atoms with Gasteiger partial charge in [-0.05, 0) is 30.0 Å². The molecule has 0 aliphatic carbocycles. The number of hydrogen-bond acceptors (Lipinski definition) is 4. The van der Waals surface area contributed by atoms with Gasteiger partial charge in [0.05, 0.1) is 32.0 Å². The lowest BCUT2D eigenvalue weighted by molar-refractivity contribution is -0.260. The Morgan fingerprint density at radius 2 is 1.11 bits per heavy atom. The van der Waals surface area contributed by atoms with Crippen molar-refractivity contribution in [2.75, 3.05) is 5.88 Å². The maximum absolute atomic E-state index is 6.59. The minimum absolute atomic E-state index is 0.195. The molecule has 5 atom stereocenters. The van der Waals surface area contributed by atoms with Crippen molar-refractivity contribution in [3.8, 4) is 0 Å². The van der Waals surface area contributed by atoms with Crippen molar-refractivity contribution in [1.29, 1.82) is 0 Å². The predicted molar refractivity (Wildman–Crippen MR) is 144 cm³/mol. The first-order chi connectivity index (χ1) is 17.6. The average Bonchev–Trinajstić information content (AvgIpc) is 2.92. The highest BCUT2D eigenvalue weighted by molar-refractivity contribution is 6.19. The zero-order valence-corrected chi connectivity index (χ0v) is 21.6. The number of hydrogen-bond donors (Lipinski definition) is 0. The summed E-state index contributed by atoms with van der Waals surface area (Å²) in [6.07, 6.45) is -0.841. The smallest absolute Gasteiger partial charge is 0.115 e. The minimum atomic E-state index is -0.356. The minimum Gasteiger partial charge on any atom is -0.369 e. The molecule has 0 amide bonds. The van der Waals surface area contributed by atoms with Crippen molar-refractivity contribution in [3.63, 3.8) is 0 Å². The van der Waals surface area contributed by atoms with Crippen molar-refractivity contribution in [3.05, 3.63) is 120 Å². The highest BCUT2D eigenvalue weighted by Gasteiger charge is 2.46. The van der Waals surface area contributed by atoms with E-state index in [0.717, 1.165) is 22.3 Å². The van der Waals surface area contributed by atoms with Crippen molar-refractivity contribution in [2.24, 2.45) is 0 Å². The molecule has 4 rings (SSSR count). The lowest BCUT2D eigenvalue weighted by atomic mass is 9.91. The lowest BCUT2D eigenvalue weighted by Gasteiger charge is -2.45. The van der Waals surface area contributed by atoms with E-state index in [9.17, 15) is 0 Å². The van der Waals surface area contributed by atoms with Gasteiger partial charge in [0.2, 0.25) is 0 Å². The summed E-state index contributed by atoms with van der Waals surface area (Å²) in [4.78, 5) is 0. The third-order valence-corrected chi connectivity index (χ3v) is 6.78. The fraction of sp³-hybridized carbons (Fsp3) is 0.355. The van der Waals surface area contributed by atoms with Gasteiger partial charge in [0, 0.05) is 5.88 Å². The van der Waals surface area contributed by atoms with Crippen molar-refractivity contribution in [2.45, 2.75) is 63.7 Å². The van der Waals surface area contributed by atoms with Gasteiger partial charge in [-0.2, -0.15) is 0 Å². The maximum Gasteiger partial charge on any atom is 0.115 e. The van der Waals surface area contributed by atoms with Gasteiger partial charge in [-0.3, -0.25) is 0 Å². The summed E-state index contributed by atoms with van der Waals surface area (Å²) in [6.45, 7) is 7.53. The molecule has 1 aliphatic rings. The lowest BCUT2D eigenvalue weighted by Crippen LogP contribution is -2.59. The molecule has 3 aromatic carbocycles. The first kappa shape index (κ1) is 26.6. The summed E-state index contributed by atoms with van der Waals surface area (Å²) >= 11 is 6.10. The molecule has 5 unspecified atom stereocenters. The van der Waals surface area contributed by atoms with Crippen LogP contribution < -0.4 is 0 Å². The van der Waals surface area contributed by atoms with E-state index in [4.69, 9.17) is 30.5 Å². The van der Waals surface area contributed by atoms with Gasteiger partial charge in [-0.15, -0.1) is 11.6 Å².